The summed E-state index contributed by atoms with van der Waals surface area (Å²) >= 11 is 0. The number of aromatic nitrogens is 2. The van der Waals surface area contributed by atoms with E-state index >= 15 is 0 Å². The number of likely N-dealkylation sites (tertiary alicyclic amines) is 1. The van der Waals surface area contributed by atoms with Gasteiger partial charge in [0.2, 0.25) is 0 Å². The molecule has 1 saturated carbocycles. The normalized spacial score (nSPS) is 19.7. The number of rotatable bonds is 3. The molecule has 6 nitrogen and oxygen atoms in total. The summed E-state index contributed by atoms with van der Waals surface area (Å²) in [5.41, 5.74) is 1.15. The van der Waals surface area contributed by atoms with Gasteiger partial charge in [0, 0.05) is 32.1 Å². The van der Waals surface area contributed by atoms with Crippen LogP contribution in [0.4, 0.5) is 10.6 Å². The molecule has 1 aliphatic carbocycles. The molecule has 0 radical (unpaired) electrons. The van der Waals surface area contributed by atoms with Crippen molar-refractivity contribution in [3.05, 3.63) is 47.7 Å². The maximum Gasteiger partial charge on any atom is 0.323 e. The summed E-state index contributed by atoms with van der Waals surface area (Å²) in [7, 11) is 1.85. The highest BCUT2D eigenvalue weighted by molar-refractivity contribution is 5.88. The molecular formula is C19H24N4O2. The Balaban J connectivity index is 1.38. The molecule has 25 heavy (non-hydrogen) atoms. The Kier molecular flexibility index (Phi) is 4.00. The third kappa shape index (κ3) is 3.26. The maximum atomic E-state index is 12.6. The lowest BCUT2D eigenvalue weighted by atomic mass is 9.84. The van der Waals surface area contributed by atoms with Crippen molar-refractivity contribution >= 4 is 11.8 Å². The van der Waals surface area contributed by atoms with Crippen LogP contribution in [0, 0.1) is 0 Å². The van der Waals surface area contributed by atoms with Gasteiger partial charge in [-0.15, -0.1) is 0 Å². The molecule has 1 saturated heterocycles. The topological polar surface area (TPSA) is 70.4 Å². The first-order valence-electron chi connectivity index (χ1n) is 8.93. The van der Waals surface area contributed by atoms with E-state index < -0.39 is 5.60 Å². The highest BCUT2D eigenvalue weighted by atomic mass is 16.3. The monoisotopic (exact) mass is 340 g/mol. The molecule has 0 spiro atoms. The fourth-order valence-corrected chi connectivity index (χ4v) is 3.49. The lowest BCUT2D eigenvalue weighted by Gasteiger charge is -2.38. The van der Waals surface area contributed by atoms with Crippen molar-refractivity contribution in [1.82, 2.24) is 14.7 Å². The minimum absolute atomic E-state index is 0.125. The number of hydrogen-bond acceptors (Lipinski definition) is 3. The SMILES string of the molecule is Cn1nc(C2CC2)cc1NC(=O)N1CCC(O)(c2ccccc2)CC1. The Labute approximate surface area is 147 Å². The van der Waals surface area contributed by atoms with E-state index in [0.717, 1.165) is 17.1 Å². The molecular weight excluding hydrogens is 316 g/mol. The second-order valence-corrected chi connectivity index (χ2v) is 7.17. The highest BCUT2D eigenvalue weighted by Crippen LogP contribution is 2.40. The zero-order valence-corrected chi connectivity index (χ0v) is 14.5. The van der Waals surface area contributed by atoms with Gasteiger partial charge < -0.3 is 10.0 Å². The molecule has 1 aliphatic heterocycles. The lowest BCUT2D eigenvalue weighted by molar-refractivity contribution is -0.0157. The van der Waals surface area contributed by atoms with Crippen LogP contribution in [-0.2, 0) is 12.6 Å². The average Bonchev–Trinajstić information content (AvgIpc) is 3.41. The molecule has 2 N–H and O–H groups in total. The number of urea groups is 1. The van der Waals surface area contributed by atoms with Gasteiger partial charge in [0.15, 0.2) is 0 Å². The molecule has 1 aromatic heterocycles. The van der Waals surface area contributed by atoms with Crippen molar-refractivity contribution in [3.8, 4) is 0 Å². The minimum atomic E-state index is -0.844. The van der Waals surface area contributed by atoms with Crippen molar-refractivity contribution in [2.75, 3.05) is 18.4 Å². The van der Waals surface area contributed by atoms with E-state index in [9.17, 15) is 9.90 Å². The predicted molar refractivity (Wildman–Crippen MR) is 95.3 cm³/mol. The van der Waals surface area contributed by atoms with E-state index in [1.807, 2.05) is 43.4 Å². The smallest absolute Gasteiger partial charge is 0.323 e. The summed E-state index contributed by atoms with van der Waals surface area (Å²) in [6, 6.07) is 11.6. The lowest BCUT2D eigenvalue weighted by Crippen LogP contribution is -2.46. The molecule has 2 aromatic rings. The quantitative estimate of drug-likeness (QED) is 0.903. The molecule has 0 atom stereocenters. The van der Waals surface area contributed by atoms with Crippen LogP contribution in [0.2, 0.25) is 0 Å². The number of aryl methyl sites for hydroxylation is 1. The molecule has 0 bridgehead atoms. The Morgan fingerprint density at radius 3 is 2.56 bits per heavy atom. The zero-order valence-electron chi connectivity index (χ0n) is 14.5. The molecule has 6 heteroatoms. The molecule has 2 heterocycles. The third-order valence-electron chi connectivity index (χ3n) is 5.32. The number of amides is 2. The van der Waals surface area contributed by atoms with Crippen LogP contribution in [0.3, 0.4) is 0 Å². The first-order valence-corrected chi connectivity index (χ1v) is 8.93. The van der Waals surface area contributed by atoms with Gasteiger partial charge in [-0.3, -0.25) is 10.00 Å². The molecule has 1 aromatic carbocycles. The van der Waals surface area contributed by atoms with Crippen LogP contribution < -0.4 is 5.32 Å². The number of carbonyl (C=O) groups excluding carboxylic acids is 1. The minimum Gasteiger partial charge on any atom is -0.385 e. The second kappa shape index (κ2) is 6.19. The van der Waals surface area contributed by atoms with Crippen molar-refractivity contribution in [2.45, 2.75) is 37.2 Å². The summed E-state index contributed by atoms with van der Waals surface area (Å²) in [6.45, 7) is 1.06. The van der Waals surface area contributed by atoms with E-state index in [-0.39, 0.29) is 6.03 Å². The van der Waals surface area contributed by atoms with Crippen LogP contribution in [0.1, 0.15) is 42.9 Å². The molecule has 0 unspecified atom stereocenters. The predicted octanol–water partition coefficient (Wildman–Crippen LogP) is 2.81. The van der Waals surface area contributed by atoms with E-state index in [1.165, 1.54) is 12.8 Å². The van der Waals surface area contributed by atoms with E-state index in [0.29, 0.717) is 31.8 Å². The third-order valence-corrected chi connectivity index (χ3v) is 5.32. The fourth-order valence-electron chi connectivity index (χ4n) is 3.49. The van der Waals surface area contributed by atoms with E-state index in [2.05, 4.69) is 10.4 Å². The van der Waals surface area contributed by atoms with Crippen LogP contribution in [0.5, 0.6) is 0 Å². The Bertz CT molecular complexity index is 759. The van der Waals surface area contributed by atoms with Gasteiger partial charge in [-0.2, -0.15) is 5.10 Å². The van der Waals surface area contributed by atoms with Gasteiger partial charge in [-0.05, 0) is 31.2 Å². The number of benzene rings is 1. The number of piperidine rings is 1. The van der Waals surface area contributed by atoms with Crippen LogP contribution in [0.25, 0.3) is 0 Å². The van der Waals surface area contributed by atoms with Crippen molar-refractivity contribution in [1.29, 1.82) is 0 Å². The summed E-state index contributed by atoms with van der Waals surface area (Å²) in [5.74, 6) is 1.29. The number of nitrogens with one attached hydrogen (secondary N) is 1. The van der Waals surface area contributed by atoms with Gasteiger partial charge in [-0.25, -0.2) is 4.79 Å². The van der Waals surface area contributed by atoms with Gasteiger partial charge >= 0.3 is 6.03 Å². The highest BCUT2D eigenvalue weighted by Gasteiger charge is 2.35. The first kappa shape index (κ1) is 16.1. The molecule has 4 rings (SSSR count). The number of anilines is 1. The van der Waals surface area contributed by atoms with E-state index in [1.54, 1.807) is 9.58 Å². The molecule has 2 amide bonds. The largest absolute Gasteiger partial charge is 0.385 e. The average molecular weight is 340 g/mol. The first-order chi connectivity index (χ1) is 12.0. The summed E-state index contributed by atoms with van der Waals surface area (Å²) in [5, 5.41) is 18.3. The fraction of sp³-hybridized carbons (Fsp3) is 0.474. The van der Waals surface area contributed by atoms with Gasteiger partial charge in [0.05, 0.1) is 11.3 Å². The van der Waals surface area contributed by atoms with Crippen LogP contribution in [-0.4, -0.2) is 38.9 Å². The van der Waals surface area contributed by atoms with Crippen molar-refractivity contribution in [2.24, 2.45) is 7.05 Å². The van der Waals surface area contributed by atoms with Crippen LogP contribution >= 0.6 is 0 Å². The number of nitrogens with zero attached hydrogens (tertiary/aromatic N) is 3. The molecule has 132 valence electrons. The molecule has 2 aliphatic rings. The Hall–Kier alpha value is -2.34. The van der Waals surface area contributed by atoms with E-state index in [4.69, 9.17) is 0 Å². The standard InChI is InChI=1S/C19H24N4O2/c1-22-17(13-16(21-22)14-7-8-14)20-18(24)23-11-9-19(25,10-12-23)15-5-3-2-4-6-15/h2-6,13-14,25H,7-12H2,1H3,(H,20,24). The summed E-state index contributed by atoms with van der Waals surface area (Å²) in [6.07, 6.45) is 3.47. The number of hydrogen-bond donors (Lipinski definition) is 2. The second-order valence-electron chi connectivity index (χ2n) is 7.17. The van der Waals surface area contributed by atoms with Crippen LogP contribution in [0.15, 0.2) is 36.4 Å². The number of carbonyl (C=O) groups is 1. The molecule has 2 fully saturated rings. The summed E-state index contributed by atoms with van der Waals surface area (Å²) < 4.78 is 1.73. The van der Waals surface area contributed by atoms with Crippen molar-refractivity contribution < 1.29 is 9.90 Å². The van der Waals surface area contributed by atoms with Crippen molar-refractivity contribution in [3.63, 3.8) is 0 Å². The van der Waals surface area contributed by atoms with Gasteiger partial charge in [0.25, 0.3) is 0 Å². The Morgan fingerprint density at radius 2 is 1.92 bits per heavy atom. The summed E-state index contributed by atoms with van der Waals surface area (Å²) in [4.78, 5) is 14.3. The zero-order chi connectivity index (χ0) is 17.4. The van der Waals surface area contributed by atoms with Gasteiger partial charge in [0.1, 0.15) is 5.82 Å². The van der Waals surface area contributed by atoms with Gasteiger partial charge in [-0.1, -0.05) is 30.3 Å². The Morgan fingerprint density at radius 1 is 1.24 bits per heavy atom. The number of aliphatic hydroxyl groups is 1. The maximum absolute atomic E-state index is 12.6.